The van der Waals surface area contributed by atoms with Gasteiger partial charge in [-0.25, -0.2) is 4.98 Å². The minimum atomic E-state index is -0.594. The van der Waals surface area contributed by atoms with Crippen molar-refractivity contribution in [2.24, 2.45) is 11.7 Å². The van der Waals surface area contributed by atoms with Crippen LogP contribution in [0.5, 0.6) is 11.5 Å². The molecule has 3 N–H and O–H groups in total. The molecule has 8 heteroatoms. The highest BCUT2D eigenvalue weighted by atomic mass is 35.5. The zero-order valence-corrected chi connectivity index (χ0v) is 16.0. The molecule has 1 aromatic heterocycles. The van der Waals surface area contributed by atoms with E-state index >= 15 is 0 Å². The molecule has 1 aromatic carbocycles. The number of carbonyl (C=O) groups excluding carboxylic acids is 1. The van der Waals surface area contributed by atoms with E-state index in [4.69, 9.17) is 26.8 Å². The Kier molecular flexibility index (Phi) is 6.23. The van der Waals surface area contributed by atoms with Gasteiger partial charge in [-0.1, -0.05) is 18.0 Å². The lowest BCUT2D eigenvalue weighted by molar-refractivity contribution is -0.119. The first-order chi connectivity index (χ1) is 13.0. The Balaban J connectivity index is 1.92. The van der Waals surface area contributed by atoms with Gasteiger partial charge >= 0.3 is 0 Å². The van der Waals surface area contributed by atoms with Crippen molar-refractivity contribution in [1.82, 2.24) is 9.55 Å². The number of amides is 1. The number of halogens is 1. The average Bonchev–Trinajstić information content (AvgIpc) is 3.16. The number of ether oxygens (including phenoxy) is 2. The van der Waals surface area contributed by atoms with Crippen LogP contribution in [0, 0.1) is 5.92 Å². The van der Waals surface area contributed by atoms with Gasteiger partial charge in [0.15, 0.2) is 18.1 Å². The number of rotatable bonds is 7. The van der Waals surface area contributed by atoms with Crippen LogP contribution in [0.4, 0.5) is 0 Å². The van der Waals surface area contributed by atoms with Gasteiger partial charge in [0.05, 0.1) is 12.1 Å². The summed E-state index contributed by atoms with van der Waals surface area (Å²) in [7, 11) is 1.51. The maximum absolute atomic E-state index is 11.0. The van der Waals surface area contributed by atoms with E-state index in [1.807, 2.05) is 6.20 Å². The minimum absolute atomic E-state index is 0.214. The molecule has 1 amide bonds. The summed E-state index contributed by atoms with van der Waals surface area (Å²) < 4.78 is 12.9. The van der Waals surface area contributed by atoms with Gasteiger partial charge in [0.25, 0.3) is 5.91 Å². The summed E-state index contributed by atoms with van der Waals surface area (Å²) >= 11 is 6.37. The lowest BCUT2D eigenvalue weighted by Crippen LogP contribution is -2.21. The molecule has 3 rings (SSSR count). The third-order valence-electron chi connectivity index (χ3n) is 4.92. The number of aromatic nitrogens is 2. The minimum Gasteiger partial charge on any atom is -0.493 e. The predicted molar refractivity (Wildman–Crippen MR) is 102 cm³/mol. The second-order valence-corrected chi connectivity index (χ2v) is 7.18. The highest BCUT2D eigenvalue weighted by molar-refractivity contribution is 6.32. The van der Waals surface area contributed by atoms with E-state index in [2.05, 4.69) is 9.55 Å². The van der Waals surface area contributed by atoms with Crippen LogP contribution in [-0.2, 0) is 4.79 Å². The number of hydrogen-bond donors (Lipinski definition) is 2. The van der Waals surface area contributed by atoms with Gasteiger partial charge in [0, 0.05) is 30.6 Å². The van der Waals surface area contributed by atoms with Crippen molar-refractivity contribution in [1.29, 1.82) is 0 Å². The first-order valence-electron chi connectivity index (χ1n) is 8.96. The molecule has 1 aliphatic rings. The van der Waals surface area contributed by atoms with E-state index in [1.165, 1.54) is 7.11 Å². The van der Waals surface area contributed by atoms with Gasteiger partial charge in [-0.15, -0.1) is 0 Å². The molecule has 0 aliphatic heterocycles. The van der Waals surface area contributed by atoms with E-state index in [-0.39, 0.29) is 25.0 Å². The number of imidazole rings is 1. The average molecular weight is 394 g/mol. The molecule has 1 saturated carbocycles. The summed E-state index contributed by atoms with van der Waals surface area (Å²) in [4.78, 5) is 15.5. The zero-order valence-electron chi connectivity index (χ0n) is 15.2. The number of benzene rings is 1. The normalized spacial score (nSPS) is 19.7. The number of nitrogens with two attached hydrogens (primary N) is 1. The van der Waals surface area contributed by atoms with Crippen LogP contribution in [0.1, 0.15) is 31.7 Å². The molecular weight excluding hydrogens is 370 g/mol. The van der Waals surface area contributed by atoms with Crippen molar-refractivity contribution in [3.05, 3.63) is 29.5 Å². The van der Waals surface area contributed by atoms with Crippen LogP contribution in [0.15, 0.2) is 24.5 Å². The Morgan fingerprint density at radius 2 is 2.26 bits per heavy atom. The Labute approximate surface area is 163 Å². The van der Waals surface area contributed by atoms with E-state index in [9.17, 15) is 9.90 Å². The summed E-state index contributed by atoms with van der Waals surface area (Å²) in [5.41, 5.74) is 5.93. The summed E-state index contributed by atoms with van der Waals surface area (Å²) in [6.07, 6.45) is 7.82. The number of aliphatic hydroxyl groups is 1. The first-order valence-corrected chi connectivity index (χ1v) is 9.34. The van der Waals surface area contributed by atoms with Crippen molar-refractivity contribution < 1.29 is 19.4 Å². The number of carbonyl (C=O) groups is 1. The highest BCUT2D eigenvalue weighted by Crippen LogP contribution is 2.41. The zero-order chi connectivity index (χ0) is 19.4. The van der Waals surface area contributed by atoms with Gasteiger partial charge < -0.3 is 24.9 Å². The second kappa shape index (κ2) is 8.63. The van der Waals surface area contributed by atoms with E-state index < -0.39 is 5.91 Å². The fraction of sp³-hybridized carbons (Fsp3) is 0.474. The number of primary amides is 1. The Hall–Kier alpha value is -2.25. The summed E-state index contributed by atoms with van der Waals surface area (Å²) in [6.45, 7) is -0.0687. The molecule has 1 fully saturated rings. The van der Waals surface area contributed by atoms with Gasteiger partial charge in [-0.2, -0.15) is 0 Å². The molecule has 0 bridgehead atoms. The largest absolute Gasteiger partial charge is 0.493 e. The molecule has 2 atom stereocenters. The van der Waals surface area contributed by atoms with Gasteiger partial charge in [0.2, 0.25) is 0 Å². The maximum Gasteiger partial charge on any atom is 0.255 e. The van der Waals surface area contributed by atoms with Gasteiger partial charge in [-0.3, -0.25) is 4.79 Å². The highest BCUT2D eigenvalue weighted by Gasteiger charge is 2.25. The van der Waals surface area contributed by atoms with E-state index in [0.717, 1.165) is 37.1 Å². The molecule has 0 saturated heterocycles. The van der Waals surface area contributed by atoms with Crippen LogP contribution in [0.25, 0.3) is 11.4 Å². The Morgan fingerprint density at radius 3 is 2.96 bits per heavy atom. The third-order valence-corrected chi connectivity index (χ3v) is 5.20. The molecule has 7 nitrogen and oxygen atoms in total. The van der Waals surface area contributed by atoms with Crippen LogP contribution in [0.2, 0.25) is 5.02 Å². The monoisotopic (exact) mass is 393 g/mol. The van der Waals surface area contributed by atoms with Crippen molar-refractivity contribution >= 4 is 17.5 Å². The second-order valence-electron chi connectivity index (χ2n) is 6.77. The van der Waals surface area contributed by atoms with Crippen LogP contribution in [-0.4, -0.2) is 40.9 Å². The van der Waals surface area contributed by atoms with Crippen molar-refractivity contribution in [3.8, 4) is 22.9 Å². The number of hydrogen-bond acceptors (Lipinski definition) is 5. The molecule has 2 aromatic rings. The molecule has 1 heterocycles. The summed E-state index contributed by atoms with van der Waals surface area (Å²) in [5.74, 6) is 1.19. The van der Waals surface area contributed by atoms with Crippen molar-refractivity contribution in [3.63, 3.8) is 0 Å². The smallest absolute Gasteiger partial charge is 0.255 e. The number of aliphatic hydroxyl groups excluding tert-OH is 1. The maximum atomic E-state index is 11.0. The fourth-order valence-corrected chi connectivity index (χ4v) is 3.91. The van der Waals surface area contributed by atoms with Crippen LogP contribution >= 0.6 is 11.6 Å². The molecule has 0 radical (unpaired) electrons. The predicted octanol–water partition coefficient (Wildman–Crippen LogP) is 2.80. The molecule has 1 aliphatic carbocycles. The molecular formula is C19H24ClN3O4. The lowest BCUT2D eigenvalue weighted by atomic mass is 9.86. The molecule has 146 valence electrons. The Bertz CT molecular complexity index is 808. The fourth-order valence-electron chi connectivity index (χ4n) is 3.64. The van der Waals surface area contributed by atoms with Gasteiger partial charge in [0.1, 0.15) is 5.82 Å². The van der Waals surface area contributed by atoms with E-state index in [1.54, 1.807) is 18.3 Å². The molecule has 0 unspecified atom stereocenters. The van der Waals surface area contributed by atoms with Crippen molar-refractivity contribution in [2.45, 2.75) is 31.7 Å². The number of nitrogens with zero attached hydrogens (tertiary/aromatic N) is 2. The first kappa shape index (κ1) is 19.5. The summed E-state index contributed by atoms with van der Waals surface area (Å²) in [5, 5.41) is 9.83. The molecule has 27 heavy (non-hydrogen) atoms. The third kappa shape index (κ3) is 4.36. The quantitative estimate of drug-likeness (QED) is 0.753. The van der Waals surface area contributed by atoms with Crippen molar-refractivity contribution in [2.75, 3.05) is 20.3 Å². The van der Waals surface area contributed by atoms with E-state index in [0.29, 0.717) is 16.7 Å². The molecule has 0 spiro atoms. The summed E-state index contributed by atoms with van der Waals surface area (Å²) in [6, 6.07) is 3.81. The Morgan fingerprint density at radius 1 is 1.44 bits per heavy atom. The van der Waals surface area contributed by atoms with Gasteiger partial charge in [-0.05, 0) is 37.3 Å². The lowest BCUT2D eigenvalue weighted by Gasteiger charge is -2.30. The topological polar surface area (TPSA) is 99.6 Å². The SMILES string of the molecule is COc1cc(-c2nccn2[C@@H]2CCC[C@H](CO)C2)cc(Cl)c1OCC(N)=O. The van der Waals surface area contributed by atoms with Crippen LogP contribution < -0.4 is 15.2 Å². The number of methoxy groups -OCH3 is 1. The van der Waals surface area contributed by atoms with Crippen LogP contribution in [0.3, 0.4) is 0 Å². The standard InChI is InChI=1S/C19H24ClN3O4/c1-26-16-9-13(8-15(20)18(16)27-11-17(21)25)19-22-5-6-23(19)14-4-2-3-12(7-14)10-24/h5-6,8-9,12,14,24H,2-4,7,10-11H2,1H3,(H2,21,25)/t12-,14+/m0/s1.